The van der Waals surface area contributed by atoms with Gasteiger partial charge in [-0.1, -0.05) is 35.9 Å². The summed E-state index contributed by atoms with van der Waals surface area (Å²) in [5.41, 5.74) is 26.2. The predicted octanol–water partition coefficient (Wildman–Crippen LogP) is 7.45. The monoisotopic (exact) mass is 1510 g/mol. The normalized spacial score (nSPS) is 14.1. The molecule has 0 aliphatic carbocycles. The van der Waals surface area contributed by atoms with Crippen LogP contribution in [0.4, 0.5) is 29.1 Å². The van der Waals surface area contributed by atoms with Crippen molar-refractivity contribution in [2.24, 2.45) is 5.73 Å². The number of aromatic nitrogens is 14. The van der Waals surface area contributed by atoms with Gasteiger partial charge in [-0.15, -0.1) is 0 Å². The van der Waals surface area contributed by atoms with Gasteiger partial charge in [0.15, 0.2) is 34.5 Å². The molecule has 4 saturated heterocycles. The first kappa shape index (κ1) is 78.8. The molecule has 8 N–H and O–H groups in total. The van der Waals surface area contributed by atoms with E-state index in [2.05, 4.69) is 152 Å². The molecule has 0 atom stereocenters. The highest BCUT2D eigenvalue weighted by Gasteiger charge is 2.32. The van der Waals surface area contributed by atoms with Crippen molar-refractivity contribution < 1.29 is 23.5 Å². The van der Waals surface area contributed by atoms with E-state index in [4.69, 9.17) is 58.1 Å². The molecule has 0 unspecified atom stereocenters. The van der Waals surface area contributed by atoms with E-state index in [0.717, 1.165) is 102 Å². The van der Waals surface area contributed by atoms with E-state index in [9.17, 15) is 14.7 Å². The molecule has 110 heavy (non-hydrogen) atoms. The Labute approximate surface area is 641 Å². The zero-order valence-corrected chi connectivity index (χ0v) is 63.7. The highest BCUT2D eigenvalue weighted by Crippen LogP contribution is 2.34. The average Bonchev–Trinajstić information content (AvgIpc) is 1.45. The number of ketones is 1. The molecule has 0 amide bonds. The number of carboxylic acids is 1. The van der Waals surface area contributed by atoms with Gasteiger partial charge in [0.1, 0.15) is 87.0 Å². The van der Waals surface area contributed by atoms with E-state index >= 15 is 0 Å². The Hall–Kier alpha value is -12.3. The van der Waals surface area contributed by atoms with Crippen LogP contribution in [0.15, 0.2) is 156 Å². The average molecular weight is 1510 g/mol. The van der Waals surface area contributed by atoms with Gasteiger partial charge in [0.05, 0.1) is 18.1 Å². The van der Waals surface area contributed by atoms with Gasteiger partial charge < -0.3 is 79.6 Å². The Morgan fingerprint density at radius 1 is 0.536 bits per heavy atom. The molecular weight excluding hydrogens is 1420 g/mol. The second kappa shape index (κ2) is 36.1. The minimum absolute atomic E-state index is 0.0360. The van der Waals surface area contributed by atoms with Gasteiger partial charge in [-0.25, -0.2) is 64.6 Å². The summed E-state index contributed by atoms with van der Waals surface area (Å²) in [4.78, 5) is 92.2. The highest BCUT2D eigenvalue weighted by molar-refractivity contribution is 6.29. The van der Waals surface area contributed by atoms with Gasteiger partial charge in [0.2, 0.25) is 11.8 Å². The van der Waals surface area contributed by atoms with Crippen molar-refractivity contribution in [3.63, 3.8) is 0 Å². The van der Waals surface area contributed by atoms with E-state index < -0.39 is 5.97 Å². The van der Waals surface area contributed by atoms with Crippen molar-refractivity contribution in [2.45, 2.75) is 57.4 Å². The maximum absolute atomic E-state index is 13.4. The molecule has 16 rings (SSSR count). The highest BCUT2D eigenvalue weighted by atomic mass is 35.5. The number of anilines is 5. The molecule has 0 bridgehead atoms. The number of likely N-dealkylation sites (N-methyl/N-ethyl adjacent to an activating group) is 4. The number of carbonyl (C=O) groups is 2. The molecule has 33 heteroatoms. The van der Waals surface area contributed by atoms with Crippen molar-refractivity contribution in [3.05, 3.63) is 197 Å². The molecule has 16 heterocycles. The van der Waals surface area contributed by atoms with Gasteiger partial charge in [0.25, 0.3) is 0 Å². The summed E-state index contributed by atoms with van der Waals surface area (Å²) in [6.07, 6.45) is 13.8. The molecule has 0 radical (unpaired) electrons. The van der Waals surface area contributed by atoms with Gasteiger partial charge >= 0.3 is 5.97 Å². The molecule has 4 fully saturated rings. The fourth-order valence-electron chi connectivity index (χ4n) is 11.7. The van der Waals surface area contributed by atoms with Gasteiger partial charge in [-0.05, 0) is 149 Å². The van der Waals surface area contributed by atoms with Crippen molar-refractivity contribution in [2.75, 3.05) is 135 Å². The van der Waals surface area contributed by atoms with Crippen molar-refractivity contribution in [3.8, 4) is 57.8 Å². The van der Waals surface area contributed by atoms with Crippen LogP contribution < -0.4 is 37.2 Å². The first-order valence-corrected chi connectivity index (χ1v) is 35.8. The van der Waals surface area contributed by atoms with Crippen LogP contribution >= 0.6 is 11.6 Å². The van der Waals surface area contributed by atoms with E-state index in [0.29, 0.717) is 70.3 Å². The number of nitrogens with zero attached hydrogens (tertiary/aromatic N) is 23. The standard InChI is InChI=1S/C28H29N9O2.C16H12N6O3.C11H18N4.C11H14N4.C6H3ClN2.C5H12N2/c1-17-13-31-22-10-7-18(14-37(17)22)24-26(28-30-11-12-39-28)34-27(29)25(33-24)21(38)9-8-19-5-4-6-23(32-19)36-15-20(16-36)35(2)3;1-8-6-19-10-3-2-9(7-22(8)10)11-12(15-18-4-5-25-15)21-14(17)13(20-11)16(23)24;2*1-14(2)10-7-15(8-10)11-5-3-4-9(6-12)13-11;7-6-3-1-2-5(4-8)9-6;1-7(2)5-3-6-4-5/h4-7,10-14,20H,8-9,15-16H2,1-3H3,(H2,29,34);2-7H,1H3,(H2,17,21)(H,23,24);3-5,10H,6-8,12H2,1-2H3;3-5,10H,7-8H2,1-2H3;1-3H;5-6H,3-4H2,1-2H3. The molecule has 568 valence electrons. The summed E-state index contributed by atoms with van der Waals surface area (Å²) < 4.78 is 14.6. The van der Waals surface area contributed by atoms with Gasteiger partial charge in [-0.3, -0.25) is 4.79 Å². The Morgan fingerprint density at radius 3 is 1.36 bits per heavy atom. The number of fused-ring (bicyclic) bond motifs is 2. The minimum atomic E-state index is -1.26. The number of nitriles is 2. The Bertz CT molecular complexity index is 5210. The van der Waals surface area contributed by atoms with Crippen molar-refractivity contribution >= 4 is 63.7 Å². The second-order valence-electron chi connectivity index (χ2n) is 27.3. The smallest absolute Gasteiger partial charge is 0.358 e. The lowest BCUT2D eigenvalue weighted by Gasteiger charge is -2.43. The number of nitrogen functional groups attached to an aromatic ring is 2. The molecule has 32 nitrogen and oxygen atoms in total. The number of carbonyl (C=O) groups excluding carboxylic acids is 1. The molecular formula is C77H88ClN27O5. The van der Waals surface area contributed by atoms with Gasteiger partial charge in [0, 0.05) is 142 Å². The lowest BCUT2D eigenvalue weighted by Crippen LogP contribution is -2.57. The number of rotatable bonds is 17. The van der Waals surface area contributed by atoms with Crippen LogP contribution in [-0.2, 0) is 13.0 Å². The van der Waals surface area contributed by atoms with Gasteiger partial charge in [-0.2, -0.15) is 10.5 Å². The zero-order chi connectivity index (χ0) is 78.3. The number of imidazole rings is 2. The largest absolute Gasteiger partial charge is 0.476 e. The minimum Gasteiger partial charge on any atom is -0.476 e. The number of hydrogen-bond acceptors (Lipinski definition) is 29. The lowest BCUT2D eigenvalue weighted by atomic mass is 10.1. The number of aryl methyl sites for hydroxylation is 3. The number of nitrogens with one attached hydrogen (secondary N) is 1. The molecule has 0 saturated carbocycles. The third-order valence-corrected chi connectivity index (χ3v) is 19.0. The van der Waals surface area contributed by atoms with Crippen LogP contribution in [-0.4, -0.2) is 238 Å². The first-order chi connectivity index (χ1) is 52.9. The number of nitrogens with two attached hydrogens (primary N) is 3. The molecule has 0 spiro atoms. The van der Waals surface area contributed by atoms with E-state index in [1.165, 1.54) is 38.0 Å². The maximum Gasteiger partial charge on any atom is 0.358 e. The first-order valence-electron chi connectivity index (χ1n) is 35.4. The Balaban J connectivity index is 0.000000144. The number of Topliss-reactive ketones (excluding diaryl/α,β-unsaturated/α-hetero) is 1. The number of pyridine rings is 6. The Kier molecular flexibility index (Phi) is 25.8. The molecule has 0 aromatic carbocycles. The molecule has 4 aliphatic heterocycles. The third kappa shape index (κ3) is 19.3. The maximum atomic E-state index is 13.4. The number of halogens is 1. The van der Waals surface area contributed by atoms with Crippen LogP contribution in [0.5, 0.6) is 0 Å². The second-order valence-corrected chi connectivity index (χ2v) is 27.7. The lowest BCUT2D eigenvalue weighted by molar-refractivity contribution is 0.0691. The topological polar surface area (TPSA) is 404 Å². The summed E-state index contributed by atoms with van der Waals surface area (Å²) in [6, 6.07) is 36.3. The van der Waals surface area contributed by atoms with Crippen molar-refractivity contribution in [1.29, 1.82) is 10.5 Å². The van der Waals surface area contributed by atoms with Crippen molar-refractivity contribution in [1.82, 2.24) is 93.5 Å². The van der Waals surface area contributed by atoms with Crippen LogP contribution in [0.3, 0.4) is 0 Å². The fraction of sp³-hybridized carbons (Fsp3) is 0.325. The third-order valence-electron chi connectivity index (χ3n) is 18.8. The summed E-state index contributed by atoms with van der Waals surface area (Å²) in [6.45, 7) is 12.7. The van der Waals surface area contributed by atoms with Crippen LogP contribution in [0, 0.1) is 36.5 Å². The quantitative estimate of drug-likeness (QED) is 0.0436. The SMILES string of the molecule is CN(C)C1CN(c2cccc(C#N)n2)C1.CN(C)C1CN(c2cccc(CN)n2)C1.CN(C)C1CNC1.Cc1cnc2ccc(-c3nc(C(=O)CCc4cccc(N5CC(N(C)C)C5)n4)c(N)nc3-c3ncco3)cn12.Cc1cnc2ccc(-c3nc(C(=O)O)c(N)nc3-c3ncco3)cn12.N#Cc1cccc(Cl)n1. The summed E-state index contributed by atoms with van der Waals surface area (Å²) >= 11 is 5.46. The number of aromatic carboxylic acids is 1. The van der Waals surface area contributed by atoms with E-state index in [1.54, 1.807) is 55.0 Å². The molecule has 4 aliphatic rings. The van der Waals surface area contributed by atoms with Crippen LogP contribution in [0.2, 0.25) is 5.15 Å². The number of carboxylic acid groups (broad SMARTS) is 1. The molecule has 12 aromatic rings. The van der Waals surface area contributed by atoms with E-state index in [-0.39, 0.29) is 52.7 Å². The van der Waals surface area contributed by atoms with Crippen LogP contribution in [0.1, 0.15) is 61.6 Å². The zero-order valence-electron chi connectivity index (χ0n) is 62.9. The van der Waals surface area contributed by atoms with E-state index in [1.807, 2.05) is 95.6 Å². The number of oxazole rings is 2. The van der Waals surface area contributed by atoms with Crippen LogP contribution in [0.25, 0.3) is 57.0 Å². The number of hydrogen-bond donors (Lipinski definition) is 5. The summed E-state index contributed by atoms with van der Waals surface area (Å²) in [7, 11) is 16.8. The summed E-state index contributed by atoms with van der Waals surface area (Å²) in [5, 5.41) is 29.9. The predicted molar refractivity (Wildman–Crippen MR) is 420 cm³/mol. The fourth-order valence-corrected chi connectivity index (χ4v) is 11.9. The summed E-state index contributed by atoms with van der Waals surface area (Å²) in [5.74, 6) is 1.73. The molecule has 12 aromatic heterocycles. The Morgan fingerprint density at radius 2 is 0.964 bits per heavy atom.